The maximum Gasteiger partial charge on any atom is 0.317 e. The Morgan fingerprint density at radius 3 is 2.00 bits per heavy atom. The molecule has 2 rings (SSSR count). The fourth-order valence-electron chi connectivity index (χ4n) is 2.53. The number of ether oxygens (including phenoxy) is 1. The van der Waals surface area contributed by atoms with Gasteiger partial charge in [0.2, 0.25) is 0 Å². The topological polar surface area (TPSA) is 43.4 Å². The van der Waals surface area contributed by atoms with Gasteiger partial charge in [-0.2, -0.15) is 0 Å². The van der Waals surface area contributed by atoms with Gasteiger partial charge in [0.05, 0.1) is 0 Å². The minimum absolute atomic E-state index is 0.152. The lowest BCUT2D eigenvalue weighted by Crippen LogP contribution is -2.30. The van der Waals surface area contributed by atoms with E-state index in [-0.39, 0.29) is 17.8 Å². The third-order valence-corrected chi connectivity index (χ3v) is 3.70. The summed E-state index contributed by atoms with van der Waals surface area (Å²) in [5, 5.41) is 0. The van der Waals surface area contributed by atoms with Crippen molar-refractivity contribution in [3.8, 4) is 0 Å². The summed E-state index contributed by atoms with van der Waals surface area (Å²) in [4.78, 5) is 25.3. The molecule has 126 valence electrons. The van der Waals surface area contributed by atoms with Crippen LogP contribution in [0.4, 0.5) is 0 Å². The lowest BCUT2D eigenvalue weighted by Gasteiger charge is -2.24. The molecular weight excluding hydrogens is 300 g/mol. The number of Topliss-reactive ketones (excluding diaryl/α,β-unsaturated/α-hetero) is 1. The molecule has 3 heteroatoms. The number of rotatable bonds is 6. The highest BCUT2D eigenvalue weighted by Gasteiger charge is 2.33. The molecule has 0 aliphatic carbocycles. The fraction of sp³-hybridized carbons (Fsp3) is 0.333. The predicted octanol–water partition coefficient (Wildman–Crippen LogP) is 4.67. The van der Waals surface area contributed by atoms with Gasteiger partial charge in [-0.3, -0.25) is 9.59 Å². The Morgan fingerprint density at radius 1 is 0.917 bits per heavy atom. The van der Waals surface area contributed by atoms with Crippen LogP contribution in [0, 0.1) is 11.3 Å². The lowest BCUT2D eigenvalue weighted by molar-refractivity contribution is -0.149. The Bertz CT molecular complexity index is 669. The van der Waals surface area contributed by atoms with Gasteiger partial charge in [-0.1, -0.05) is 81.4 Å². The number of ketones is 1. The number of esters is 1. The second-order valence-electron chi connectivity index (χ2n) is 7.14. The molecule has 0 aliphatic heterocycles. The molecule has 2 aromatic rings. The Kier molecular flexibility index (Phi) is 5.91. The summed E-state index contributed by atoms with van der Waals surface area (Å²) in [5.74, 6) is -1.41. The number of hydrogen-bond acceptors (Lipinski definition) is 3. The molecule has 0 N–H and O–H groups in total. The summed E-state index contributed by atoms with van der Waals surface area (Å²) in [6.07, 6.45) is 0.453. The van der Waals surface area contributed by atoms with Gasteiger partial charge in [0.25, 0.3) is 0 Å². The largest absolute Gasteiger partial charge is 0.460 e. The zero-order valence-electron chi connectivity index (χ0n) is 14.5. The Morgan fingerprint density at radius 2 is 1.46 bits per heavy atom. The van der Waals surface area contributed by atoms with Crippen LogP contribution >= 0.6 is 0 Å². The molecule has 3 nitrogen and oxygen atoms in total. The van der Waals surface area contributed by atoms with Crippen LogP contribution in [0.5, 0.6) is 0 Å². The van der Waals surface area contributed by atoms with Gasteiger partial charge >= 0.3 is 5.97 Å². The van der Waals surface area contributed by atoms with Crippen molar-refractivity contribution in [1.29, 1.82) is 0 Å². The Hall–Kier alpha value is -2.42. The maximum atomic E-state index is 12.8. The average molecular weight is 324 g/mol. The van der Waals surface area contributed by atoms with E-state index in [2.05, 4.69) is 0 Å². The zero-order chi connectivity index (χ0) is 17.6. The Labute approximate surface area is 143 Å². The molecule has 0 fully saturated rings. The first-order valence-electron chi connectivity index (χ1n) is 8.17. The highest BCUT2D eigenvalue weighted by molar-refractivity contribution is 6.08. The highest BCUT2D eigenvalue weighted by Crippen LogP contribution is 2.28. The predicted molar refractivity (Wildman–Crippen MR) is 94.6 cm³/mol. The van der Waals surface area contributed by atoms with Crippen molar-refractivity contribution in [2.45, 2.75) is 33.8 Å². The van der Waals surface area contributed by atoms with Gasteiger partial charge in [0.1, 0.15) is 12.5 Å². The van der Waals surface area contributed by atoms with E-state index in [1.54, 1.807) is 24.3 Å². The van der Waals surface area contributed by atoms with Gasteiger partial charge in [0.15, 0.2) is 5.78 Å². The maximum absolute atomic E-state index is 12.8. The van der Waals surface area contributed by atoms with Gasteiger partial charge in [-0.15, -0.1) is 0 Å². The van der Waals surface area contributed by atoms with Crippen molar-refractivity contribution in [2.24, 2.45) is 11.3 Å². The minimum Gasteiger partial charge on any atom is -0.460 e. The van der Waals surface area contributed by atoms with Crippen LogP contribution in [0.3, 0.4) is 0 Å². The minimum atomic E-state index is -0.781. The monoisotopic (exact) mass is 324 g/mol. The molecule has 1 unspecified atom stereocenters. The van der Waals surface area contributed by atoms with E-state index in [9.17, 15) is 9.59 Å². The summed E-state index contributed by atoms with van der Waals surface area (Å²) < 4.78 is 5.42. The van der Waals surface area contributed by atoms with Crippen LogP contribution in [0.1, 0.15) is 43.1 Å². The number of carbonyl (C=O) groups is 2. The van der Waals surface area contributed by atoms with Gasteiger partial charge in [-0.05, 0) is 17.4 Å². The van der Waals surface area contributed by atoms with Crippen molar-refractivity contribution in [3.05, 3.63) is 71.8 Å². The van der Waals surface area contributed by atoms with Crippen molar-refractivity contribution in [2.75, 3.05) is 0 Å². The molecule has 0 saturated carbocycles. The average Bonchev–Trinajstić information content (AvgIpc) is 2.58. The second kappa shape index (κ2) is 7.91. The summed E-state index contributed by atoms with van der Waals surface area (Å²) in [6, 6.07) is 18.4. The Balaban J connectivity index is 2.13. The lowest BCUT2D eigenvalue weighted by atomic mass is 9.81. The van der Waals surface area contributed by atoms with Crippen LogP contribution in [0.25, 0.3) is 0 Å². The molecule has 0 spiro atoms. The number of benzene rings is 2. The van der Waals surface area contributed by atoms with Crippen LogP contribution in [0.2, 0.25) is 0 Å². The van der Waals surface area contributed by atoms with Crippen LogP contribution < -0.4 is 0 Å². The van der Waals surface area contributed by atoms with E-state index < -0.39 is 11.9 Å². The second-order valence-corrected chi connectivity index (χ2v) is 7.14. The first kappa shape index (κ1) is 17.9. The zero-order valence-corrected chi connectivity index (χ0v) is 14.5. The van der Waals surface area contributed by atoms with Crippen molar-refractivity contribution in [3.63, 3.8) is 0 Å². The molecule has 24 heavy (non-hydrogen) atoms. The van der Waals surface area contributed by atoms with Crippen molar-refractivity contribution in [1.82, 2.24) is 0 Å². The quantitative estimate of drug-likeness (QED) is 0.441. The van der Waals surface area contributed by atoms with Crippen LogP contribution in [-0.2, 0) is 16.1 Å². The molecule has 0 aliphatic rings. The first-order chi connectivity index (χ1) is 11.4. The molecule has 1 atom stereocenters. The van der Waals surface area contributed by atoms with Crippen molar-refractivity contribution < 1.29 is 14.3 Å². The molecule has 0 heterocycles. The molecule has 0 radical (unpaired) electrons. The van der Waals surface area contributed by atoms with Crippen LogP contribution in [-0.4, -0.2) is 11.8 Å². The first-order valence-corrected chi connectivity index (χ1v) is 8.17. The SMILES string of the molecule is CC(C)(C)CC(C(=O)OCc1ccccc1)C(=O)c1ccccc1. The van der Waals surface area contributed by atoms with E-state index in [0.29, 0.717) is 12.0 Å². The molecule has 0 amide bonds. The molecule has 2 aromatic carbocycles. The third kappa shape index (κ3) is 5.34. The normalized spacial score (nSPS) is 12.5. The number of hydrogen-bond donors (Lipinski definition) is 0. The standard InChI is InChI=1S/C21H24O3/c1-21(2,3)14-18(19(22)17-12-8-5-9-13-17)20(23)24-15-16-10-6-4-7-11-16/h4-13,18H,14-15H2,1-3H3. The molecule has 0 aromatic heterocycles. The van der Waals surface area contributed by atoms with Gasteiger partial charge in [-0.25, -0.2) is 0 Å². The van der Waals surface area contributed by atoms with E-state index >= 15 is 0 Å². The molecule has 0 saturated heterocycles. The summed E-state index contributed by atoms with van der Waals surface area (Å²) in [7, 11) is 0. The van der Waals surface area contributed by atoms with E-state index in [1.807, 2.05) is 57.2 Å². The highest BCUT2D eigenvalue weighted by atomic mass is 16.5. The molecule has 0 bridgehead atoms. The summed E-state index contributed by atoms with van der Waals surface area (Å²) in [6.45, 7) is 6.23. The van der Waals surface area contributed by atoms with E-state index in [1.165, 1.54) is 0 Å². The molecular formula is C21H24O3. The summed E-state index contributed by atoms with van der Waals surface area (Å²) >= 11 is 0. The van der Waals surface area contributed by atoms with Gasteiger partial charge in [0, 0.05) is 5.56 Å². The third-order valence-electron chi connectivity index (χ3n) is 3.70. The number of carbonyl (C=O) groups excluding carboxylic acids is 2. The van der Waals surface area contributed by atoms with E-state index in [4.69, 9.17) is 4.74 Å². The smallest absolute Gasteiger partial charge is 0.317 e. The fourth-order valence-corrected chi connectivity index (χ4v) is 2.53. The van der Waals surface area contributed by atoms with Crippen LogP contribution in [0.15, 0.2) is 60.7 Å². The summed E-state index contributed by atoms with van der Waals surface area (Å²) in [5.41, 5.74) is 1.30. The van der Waals surface area contributed by atoms with Crippen molar-refractivity contribution >= 4 is 11.8 Å². The van der Waals surface area contributed by atoms with E-state index in [0.717, 1.165) is 5.56 Å². The van der Waals surface area contributed by atoms with Gasteiger partial charge < -0.3 is 4.74 Å².